The van der Waals surface area contributed by atoms with Gasteiger partial charge in [0.1, 0.15) is 5.75 Å². The van der Waals surface area contributed by atoms with Gasteiger partial charge in [-0.3, -0.25) is 10.1 Å². The fraction of sp³-hybridized carbons (Fsp3) is 0.625. The van der Waals surface area contributed by atoms with Gasteiger partial charge in [-0.05, 0) is 63.5 Å². The standard InChI is InChI=1S/C24H33N5O5/c1-15-20(34-18-10-6-9-17(13-18)23(30)31)12-11-19(25-15)21-22(29(2)28-27-21)26-24(32)33-14-16-7-4-3-5-8-16/h11-12,16-18H,3-10,13-14H2,1-2H3,(H,26,32)(H,30,31)/t17-,18-/m0/s1. The summed E-state index contributed by atoms with van der Waals surface area (Å²) in [6.45, 7) is 2.25. The molecule has 2 fully saturated rings. The fourth-order valence-corrected chi connectivity index (χ4v) is 4.81. The lowest BCUT2D eigenvalue weighted by Crippen LogP contribution is -2.29. The number of ether oxygens (including phenoxy) is 2. The van der Waals surface area contributed by atoms with Crippen LogP contribution in [0.15, 0.2) is 12.1 Å². The summed E-state index contributed by atoms with van der Waals surface area (Å²) in [5.41, 5.74) is 1.65. The summed E-state index contributed by atoms with van der Waals surface area (Å²) in [6.07, 6.45) is 8.01. The monoisotopic (exact) mass is 471 g/mol. The number of aryl methyl sites for hydroxylation is 2. The molecule has 0 bridgehead atoms. The molecule has 2 heterocycles. The Hall–Kier alpha value is -3.17. The van der Waals surface area contributed by atoms with Crippen LogP contribution in [0.1, 0.15) is 63.5 Å². The third kappa shape index (κ3) is 5.84. The molecule has 0 aromatic carbocycles. The first-order valence-corrected chi connectivity index (χ1v) is 12.1. The number of aromatic nitrogens is 4. The third-order valence-electron chi connectivity index (χ3n) is 6.77. The molecule has 34 heavy (non-hydrogen) atoms. The molecule has 1 amide bonds. The van der Waals surface area contributed by atoms with E-state index in [4.69, 9.17) is 9.47 Å². The number of hydrogen-bond donors (Lipinski definition) is 2. The number of pyridine rings is 1. The summed E-state index contributed by atoms with van der Waals surface area (Å²) in [5.74, 6) is 0.321. The van der Waals surface area contributed by atoms with E-state index in [1.54, 1.807) is 13.1 Å². The molecule has 184 valence electrons. The number of nitrogens with zero attached hydrogens (tertiary/aromatic N) is 4. The maximum absolute atomic E-state index is 12.4. The molecule has 2 aromatic heterocycles. The van der Waals surface area contributed by atoms with Gasteiger partial charge in [-0.25, -0.2) is 14.5 Å². The number of anilines is 1. The molecular weight excluding hydrogens is 438 g/mol. The average Bonchev–Trinajstić information content (AvgIpc) is 3.19. The van der Waals surface area contributed by atoms with E-state index in [0.717, 1.165) is 25.7 Å². The van der Waals surface area contributed by atoms with E-state index in [-0.39, 0.29) is 12.0 Å². The number of hydrogen-bond acceptors (Lipinski definition) is 7. The van der Waals surface area contributed by atoms with E-state index in [9.17, 15) is 14.7 Å². The van der Waals surface area contributed by atoms with Gasteiger partial charge in [-0.15, -0.1) is 5.10 Å². The Balaban J connectivity index is 1.41. The number of carboxylic acids is 1. The molecule has 2 atom stereocenters. The van der Waals surface area contributed by atoms with Crippen molar-refractivity contribution in [2.24, 2.45) is 18.9 Å². The molecule has 4 rings (SSSR count). The number of aliphatic carboxylic acids is 1. The Bertz CT molecular complexity index is 1020. The van der Waals surface area contributed by atoms with Crippen LogP contribution >= 0.6 is 0 Å². The first-order valence-electron chi connectivity index (χ1n) is 12.1. The Kier molecular flexibility index (Phi) is 7.64. The van der Waals surface area contributed by atoms with Crippen LogP contribution in [0.4, 0.5) is 10.6 Å². The quantitative estimate of drug-likeness (QED) is 0.610. The summed E-state index contributed by atoms with van der Waals surface area (Å²) in [7, 11) is 1.69. The minimum atomic E-state index is -0.765. The second-order valence-corrected chi connectivity index (χ2v) is 9.36. The third-order valence-corrected chi connectivity index (χ3v) is 6.77. The molecular formula is C24H33N5O5. The summed E-state index contributed by atoms with van der Waals surface area (Å²) in [4.78, 5) is 28.4. The van der Waals surface area contributed by atoms with E-state index < -0.39 is 12.1 Å². The molecule has 0 saturated heterocycles. The van der Waals surface area contributed by atoms with Crippen molar-refractivity contribution in [3.05, 3.63) is 17.8 Å². The van der Waals surface area contributed by atoms with E-state index in [1.165, 1.54) is 23.9 Å². The molecule has 10 nitrogen and oxygen atoms in total. The smallest absolute Gasteiger partial charge is 0.412 e. The Morgan fingerprint density at radius 2 is 1.94 bits per heavy atom. The van der Waals surface area contributed by atoms with Crippen molar-refractivity contribution >= 4 is 17.9 Å². The minimum Gasteiger partial charge on any atom is -0.489 e. The minimum absolute atomic E-state index is 0.145. The topological polar surface area (TPSA) is 128 Å². The van der Waals surface area contributed by atoms with E-state index in [2.05, 4.69) is 20.6 Å². The highest BCUT2D eigenvalue weighted by Crippen LogP contribution is 2.31. The number of carbonyl (C=O) groups is 2. The number of carboxylic acid groups (broad SMARTS) is 1. The zero-order valence-corrected chi connectivity index (χ0v) is 19.8. The number of carbonyl (C=O) groups excluding carboxylic acids is 1. The van der Waals surface area contributed by atoms with Gasteiger partial charge in [-0.2, -0.15) is 0 Å². The van der Waals surface area contributed by atoms with Crippen LogP contribution in [0.2, 0.25) is 0 Å². The molecule has 0 radical (unpaired) electrons. The SMILES string of the molecule is Cc1nc(-c2nnn(C)c2NC(=O)OCC2CCCCC2)ccc1O[C@H]1CCC[C@H](C(=O)O)C1. The second kappa shape index (κ2) is 10.8. The number of rotatable bonds is 7. The summed E-state index contributed by atoms with van der Waals surface area (Å²) in [6, 6.07) is 3.57. The maximum atomic E-state index is 12.4. The second-order valence-electron chi connectivity index (χ2n) is 9.36. The molecule has 2 aliphatic rings. The Morgan fingerprint density at radius 3 is 2.68 bits per heavy atom. The lowest BCUT2D eigenvalue weighted by molar-refractivity contribution is -0.143. The van der Waals surface area contributed by atoms with Crippen LogP contribution in [0.25, 0.3) is 11.4 Å². The van der Waals surface area contributed by atoms with Gasteiger partial charge in [0.15, 0.2) is 11.5 Å². The van der Waals surface area contributed by atoms with Gasteiger partial charge in [-0.1, -0.05) is 24.5 Å². The highest BCUT2D eigenvalue weighted by Gasteiger charge is 2.28. The molecule has 0 unspecified atom stereocenters. The molecule has 2 saturated carbocycles. The predicted octanol–water partition coefficient (Wildman–Crippen LogP) is 4.34. The molecule has 0 spiro atoms. The Morgan fingerprint density at radius 1 is 1.15 bits per heavy atom. The van der Waals surface area contributed by atoms with Crippen LogP contribution in [0.3, 0.4) is 0 Å². The average molecular weight is 472 g/mol. The Labute approximate surface area is 199 Å². The van der Waals surface area contributed by atoms with E-state index in [1.807, 2.05) is 13.0 Å². The van der Waals surface area contributed by atoms with Crippen molar-refractivity contribution in [1.29, 1.82) is 0 Å². The lowest BCUT2D eigenvalue weighted by Gasteiger charge is -2.27. The molecule has 10 heteroatoms. The van der Waals surface area contributed by atoms with Gasteiger partial charge in [0.25, 0.3) is 0 Å². The van der Waals surface area contributed by atoms with E-state index >= 15 is 0 Å². The lowest BCUT2D eigenvalue weighted by atomic mass is 9.87. The molecule has 2 aliphatic carbocycles. The highest BCUT2D eigenvalue weighted by atomic mass is 16.5. The van der Waals surface area contributed by atoms with Crippen molar-refractivity contribution in [2.45, 2.75) is 70.8 Å². The zero-order chi connectivity index (χ0) is 24.1. The van der Waals surface area contributed by atoms with Gasteiger partial charge in [0.2, 0.25) is 0 Å². The van der Waals surface area contributed by atoms with Crippen LogP contribution < -0.4 is 10.1 Å². The van der Waals surface area contributed by atoms with Gasteiger partial charge >= 0.3 is 12.1 Å². The van der Waals surface area contributed by atoms with Crippen molar-refractivity contribution in [2.75, 3.05) is 11.9 Å². The largest absolute Gasteiger partial charge is 0.489 e. The summed E-state index contributed by atoms with van der Waals surface area (Å²) < 4.78 is 13.0. The predicted molar refractivity (Wildman–Crippen MR) is 125 cm³/mol. The molecule has 2 N–H and O–H groups in total. The van der Waals surface area contributed by atoms with Crippen LogP contribution in [0, 0.1) is 18.8 Å². The maximum Gasteiger partial charge on any atom is 0.412 e. The van der Waals surface area contributed by atoms with Crippen molar-refractivity contribution in [1.82, 2.24) is 20.0 Å². The first kappa shape index (κ1) is 24.0. The van der Waals surface area contributed by atoms with Gasteiger partial charge in [0, 0.05) is 7.05 Å². The van der Waals surface area contributed by atoms with Crippen molar-refractivity contribution in [3.63, 3.8) is 0 Å². The van der Waals surface area contributed by atoms with Crippen LogP contribution in [-0.4, -0.2) is 49.9 Å². The number of amides is 1. The number of nitrogens with one attached hydrogen (secondary N) is 1. The summed E-state index contributed by atoms with van der Waals surface area (Å²) >= 11 is 0. The van der Waals surface area contributed by atoms with E-state index in [0.29, 0.717) is 54.0 Å². The van der Waals surface area contributed by atoms with Gasteiger partial charge in [0.05, 0.1) is 30.0 Å². The first-order chi connectivity index (χ1) is 16.4. The molecule has 2 aromatic rings. The van der Waals surface area contributed by atoms with Crippen LogP contribution in [-0.2, 0) is 16.6 Å². The van der Waals surface area contributed by atoms with Gasteiger partial charge < -0.3 is 14.6 Å². The highest BCUT2D eigenvalue weighted by molar-refractivity contribution is 5.88. The summed E-state index contributed by atoms with van der Waals surface area (Å²) in [5, 5.41) is 20.3. The van der Waals surface area contributed by atoms with Crippen molar-refractivity contribution in [3.8, 4) is 17.1 Å². The fourth-order valence-electron chi connectivity index (χ4n) is 4.81. The van der Waals surface area contributed by atoms with Crippen LogP contribution in [0.5, 0.6) is 5.75 Å². The van der Waals surface area contributed by atoms with Crippen molar-refractivity contribution < 1.29 is 24.2 Å². The molecule has 0 aliphatic heterocycles. The normalized spacial score (nSPS) is 21.1. The zero-order valence-electron chi connectivity index (χ0n) is 19.8.